The molecule has 3 rings (SSSR count). The molecule has 0 aliphatic rings. The molecular formula is C13H14N6O2. The van der Waals surface area contributed by atoms with Gasteiger partial charge in [0.15, 0.2) is 11.5 Å². The van der Waals surface area contributed by atoms with Crippen LogP contribution in [0.1, 0.15) is 0 Å². The highest BCUT2D eigenvalue weighted by Crippen LogP contribution is 2.33. The second-order valence-corrected chi connectivity index (χ2v) is 4.32. The number of methoxy groups -OCH3 is 2. The average molecular weight is 286 g/mol. The number of rotatable bonds is 3. The minimum atomic E-state index is 0.0793. The van der Waals surface area contributed by atoms with Crippen LogP contribution in [-0.4, -0.2) is 34.2 Å². The maximum atomic E-state index is 5.82. The van der Waals surface area contributed by atoms with Crippen molar-refractivity contribution < 1.29 is 9.47 Å². The van der Waals surface area contributed by atoms with Crippen LogP contribution in [0.4, 0.5) is 11.8 Å². The third kappa shape index (κ3) is 2.16. The molecule has 0 fully saturated rings. The summed E-state index contributed by atoms with van der Waals surface area (Å²) in [7, 11) is 3.18. The first-order valence-electron chi connectivity index (χ1n) is 6.13. The molecule has 0 aliphatic heterocycles. The number of nitrogens with zero attached hydrogens (tertiary/aromatic N) is 3. The predicted octanol–water partition coefficient (Wildman–Crippen LogP) is 1.20. The Kier molecular flexibility index (Phi) is 2.98. The van der Waals surface area contributed by atoms with Crippen LogP contribution >= 0.6 is 0 Å². The lowest BCUT2D eigenvalue weighted by Gasteiger charge is -2.08. The van der Waals surface area contributed by atoms with Crippen LogP contribution in [-0.2, 0) is 0 Å². The van der Waals surface area contributed by atoms with Gasteiger partial charge >= 0.3 is 0 Å². The van der Waals surface area contributed by atoms with Gasteiger partial charge in [-0.1, -0.05) is 0 Å². The summed E-state index contributed by atoms with van der Waals surface area (Å²) in [5.41, 5.74) is 13.1. The van der Waals surface area contributed by atoms with Crippen molar-refractivity contribution in [2.45, 2.75) is 0 Å². The number of nitrogens with one attached hydrogen (secondary N) is 1. The van der Waals surface area contributed by atoms with E-state index in [4.69, 9.17) is 20.9 Å². The molecule has 0 atom stereocenters. The molecular weight excluding hydrogens is 272 g/mol. The monoisotopic (exact) mass is 286 g/mol. The zero-order valence-corrected chi connectivity index (χ0v) is 11.5. The molecule has 0 radical (unpaired) electrons. The largest absolute Gasteiger partial charge is 0.497 e. The lowest BCUT2D eigenvalue weighted by molar-refractivity contribution is 0.404. The fourth-order valence-electron chi connectivity index (χ4n) is 2.06. The van der Waals surface area contributed by atoms with Crippen LogP contribution in [0.5, 0.6) is 11.5 Å². The van der Waals surface area contributed by atoms with Crippen molar-refractivity contribution in [3.05, 3.63) is 18.2 Å². The SMILES string of the molecule is COc1ccc(OC)c(-c2nc3nc(N)nc(N)c3[nH]2)c1. The van der Waals surface area contributed by atoms with Gasteiger partial charge in [0.05, 0.1) is 19.8 Å². The van der Waals surface area contributed by atoms with E-state index in [2.05, 4.69) is 19.9 Å². The normalized spacial score (nSPS) is 10.8. The molecule has 108 valence electrons. The van der Waals surface area contributed by atoms with Gasteiger partial charge in [0.1, 0.15) is 22.8 Å². The van der Waals surface area contributed by atoms with Gasteiger partial charge in [0, 0.05) is 0 Å². The highest BCUT2D eigenvalue weighted by atomic mass is 16.5. The Balaban J connectivity index is 2.22. The molecule has 0 unspecified atom stereocenters. The predicted molar refractivity (Wildman–Crippen MR) is 79.0 cm³/mol. The highest BCUT2D eigenvalue weighted by molar-refractivity contribution is 5.86. The molecule has 0 aliphatic carbocycles. The molecule has 0 saturated carbocycles. The quantitative estimate of drug-likeness (QED) is 0.660. The number of hydrogen-bond acceptors (Lipinski definition) is 7. The molecule has 1 aromatic carbocycles. The summed E-state index contributed by atoms with van der Waals surface area (Å²) in [6.07, 6.45) is 0. The molecule has 0 saturated heterocycles. The van der Waals surface area contributed by atoms with Gasteiger partial charge < -0.3 is 25.9 Å². The van der Waals surface area contributed by atoms with Gasteiger partial charge in [-0.3, -0.25) is 0 Å². The number of aromatic nitrogens is 4. The standard InChI is InChI=1S/C13H14N6O2/c1-20-6-3-4-8(21-2)7(5-6)11-16-9-10(14)17-13(15)19-12(9)18-11/h3-5H,1-2H3,(H5,14,15,16,17,18,19). The van der Waals surface area contributed by atoms with Crippen LogP contribution in [0.25, 0.3) is 22.6 Å². The van der Waals surface area contributed by atoms with E-state index in [1.807, 2.05) is 6.07 Å². The van der Waals surface area contributed by atoms with E-state index >= 15 is 0 Å². The van der Waals surface area contributed by atoms with Crippen molar-refractivity contribution in [1.29, 1.82) is 0 Å². The van der Waals surface area contributed by atoms with Gasteiger partial charge in [-0.15, -0.1) is 0 Å². The highest BCUT2D eigenvalue weighted by Gasteiger charge is 2.15. The minimum absolute atomic E-state index is 0.0793. The summed E-state index contributed by atoms with van der Waals surface area (Å²) < 4.78 is 10.6. The maximum absolute atomic E-state index is 5.82. The Labute approximate surface area is 120 Å². The van der Waals surface area contributed by atoms with Gasteiger partial charge in [0.25, 0.3) is 0 Å². The number of fused-ring (bicyclic) bond motifs is 1. The van der Waals surface area contributed by atoms with E-state index in [9.17, 15) is 0 Å². The number of hydrogen-bond donors (Lipinski definition) is 3. The fraction of sp³-hybridized carbons (Fsp3) is 0.154. The Morgan fingerprint density at radius 2 is 1.86 bits per heavy atom. The topological polar surface area (TPSA) is 125 Å². The summed E-state index contributed by atoms with van der Waals surface area (Å²) >= 11 is 0. The molecule has 3 aromatic rings. The zero-order valence-electron chi connectivity index (χ0n) is 11.5. The second-order valence-electron chi connectivity index (χ2n) is 4.32. The molecule has 2 aromatic heterocycles. The Morgan fingerprint density at radius 1 is 1.05 bits per heavy atom. The van der Waals surface area contributed by atoms with E-state index in [0.29, 0.717) is 28.5 Å². The van der Waals surface area contributed by atoms with E-state index in [1.54, 1.807) is 26.4 Å². The number of H-pyrrole nitrogens is 1. The number of aromatic amines is 1. The van der Waals surface area contributed by atoms with Gasteiger partial charge in [-0.25, -0.2) is 4.98 Å². The summed E-state index contributed by atoms with van der Waals surface area (Å²) in [5.74, 6) is 2.21. The van der Waals surface area contributed by atoms with Gasteiger partial charge in [0.2, 0.25) is 5.95 Å². The summed E-state index contributed by atoms with van der Waals surface area (Å²) in [6, 6.07) is 5.41. The Morgan fingerprint density at radius 3 is 2.57 bits per heavy atom. The number of nitrogens with two attached hydrogens (primary N) is 2. The summed E-state index contributed by atoms with van der Waals surface area (Å²) in [6.45, 7) is 0. The van der Waals surface area contributed by atoms with Crippen LogP contribution in [0.2, 0.25) is 0 Å². The second kappa shape index (κ2) is 4.82. The number of anilines is 2. The molecule has 8 heteroatoms. The van der Waals surface area contributed by atoms with Crippen molar-refractivity contribution >= 4 is 22.9 Å². The fourth-order valence-corrected chi connectivity index (χ4v) is 2.06. The van der Waals surface area contributed by atoms with E-state index in [0.717, 1.165) is 5.56 Å². The average Bonchev–Trinajstić information content (AvgIpc) is 2.90. The van der Waals surface area contributed by atoms with E-state index in [-0.39, 0.29) is 11.8 Å². The molecule has 0 bridgehead atoms. The number of imidazole rings is 1. The molecule has 2 heterocycles. The Bertz CT molecular complexity index is 814. The van der Waals surface area contributed by atoms with Crippen molar-refractivity contribution in [2.75, 3.05) is 25.7 Å². The molecule has 0 spiro atoms. The maximum Gasteiger partial charge on any atom is 0.224 e. The Hall–Kier alpha value is -3.03. The van der Waals surface area contributed by atoms with Crippen molar-refractivity contribution in [2.24, 2.45) is 0 Å². The van der Waals surface area contributed by atoms with Crippen molar-refractivity contribution in [3.63, 3.8) is 0 Å². The van der Waals surface area contributed by atoms with Crippen LogP contribution in [0.15, 0.2) is 18.2 Å². The number of nitrogen functional groups attached to an aromatic ring is 2. The summed E-state index contributed by atoms with van der Waals surface area (Å²) in [5, 5.41) is 0. The van der Waals surface area contributed by atoms with Crippen molar-refractivity contribution in [1.82, 2.24) is 19.9 Å². The van der Waals surface area contributed by atoms with E-state index < -0.39 is 0 Å². The number of ether oxygens (including phenoxy) is 2. The van der Waals surface area contributed by atoms with Crippen LogP contribution in [0.3, 0.4) is 0 Å². The van der Waals surface area contributed by atoms with Crippen LogP contribution < -0.4 is 20.9 Å². The molecule has 8 nitrogen and oxygen atoms in total. The van der Waals surface area contributed by atoms with E-state index in [1.165, 1.54) is 0 Å². The lowest BCUT2D eigenvalue weighted by atomic mass is 10.2. The third-order valence-corrected chi connectivity index (χ3v) is 3.06. The van der Waals surface area contributed by atoms with Crippen LogP contribution in [0, 0.1) is 0 Å². The first-order valence-corrected chi connectivity index (χ1v) is 6.13. The zero-order chi connectivity index (χ0) is 15.0. The lowest BCUT2D eigenvalue weighted by Crippen LogP contribution is -1.99. The first kappa shape index (κ1) is 13.0. The molecule has 5 N–H and O–H groups in total. The minimum Gasteiger partial charge on any atom is -0.497 e. The van der Waals surface area contributed by atoms with Gasteiger partial charge in [-0.05, 0) is 18.2 Å². The van der Waals surface area contributed by atoms with Crippen molar-refractivity contribution in [3.8, 4) is 22.9 Å². The summed E-state index contributed by atoms with van der Waals surface area (Å²) in [4.78, 5) is 15.4. The smallest absolute Gasteiger partial charge is 0.224 e. The molecule has 0 amide bonds. The van der Waals surface area contributed by atoms with Gasteiger partial charge in [-0.2, -0.15) is 9.97 Å². The first-order chi connectivity index (χ1) is 10.1. The molecule has 21 heavy (non-hydrogen) atoms. The number of benzene rings is 1. The third-order valence-electron chi connectivity index (χ3n) is 3.06.